The summed E-state index contributed by atoms with van der Waals surface area (Å²) in [6, 6.07) is 16.5. The van der Waals surface area contributed by atoms with E-state index in [1.165, 1.54) is 0 Å². The van der Waals surface area contributed by atoms with Crippen LogP contribution in [0.1, 0.15) is 10.4 Å². The van der Waals surface area contributed by atoms with Gasteiger partial charge in [0.25, 0.3) is 0 Å². The molecule has 3 nitrogen and oxygen atoms in total. The molecule has 18 heavy (non-hydrogen) atoms. The van der Waals surface area contributed by atoms with E-state index < -0.39 is 6.10 Å². The zero-order valence-electron chi connectivity index (χ0n) is 9.71. The van der Waals surface area contributed by atoms with E-state index in [1.807, 2.05) is 36.4 Å². The number of carbonyl (C=O) groups excluding carboxylic acids is 1. The van der Waals surface area contributed by atoms with Crippen LogP contribution in [0.2, 0.25) is 0 Å². The highest BCUT2D eigenvalue weighted by molar-refractivity contribution is 5.99. The number of ether oxygens (including phenoxy) is 2. The Labute approximate surface area is 105 Å². The van der Waals surface area contributed by atoms with Gasteiger partial charge in [-0.25, -0.2) is 0 Å². The van der Waals surface area contributed by atoms with Crippen molar-refractivity contribution in [2.24, 2.45) is 0 Å². The van der Waals surface area contributed by atoms with Crippen LogP contribution >= 0.6 is 0 Å². The van der Waals surface area contributed by atoms with Gasteiger partial charge in [-0.05, 0) is 12.1 Å². The predicted octanol–water partition coefficient (Wildman–Crippen LogP) is 2.71. The largest absolute Gasteiger partial charge is 0.485 e. The van der Waals surface area contributed by atoms with E-state index in [4.69, 9.17) is 9.47 Å². The molecular weight excluding hydrogens is 228 g/mol. The molecule has 0 fully saturated rings. The Bertz CT molecular complexity index is 563. The summed E-state index contributed by atoms with van der Waals surface area (Å²) in [4.78, 5) is 12.2. The van der Waals surface area contributed by atoms with Crippen molar-refractivity contribution in [2.75, 3.05) is 6.61 Å². The first kappa shape index (κ1) is 10.8. The lowest BCUT2D eigenvalue weighted by molar-refractivity contribution is 0.0586. The van der Waals surface area contributed by atoms with Gasteiger partial charge in [0.2, 0.25) is 5.78 Å². The smallest absolute Gasteiger partial charge is 0.206 e. The van der Waals surface area contributed by atoms with Crippen LogP contribution in [0.3, 0.4) is 0 Å². The van der Waals surface area contributed by atoms with Gasteiger partial charge in [-0.1, -0.05) is 42.5 Å². The molecule has 1 unspecified atom stereocenters. The van der Waals surface area contributed by atoms with Gasteiger partial charge in [-0.15, -0.1) is 0 Å². The number of hydrogen-bond acceptors (Lipinski definition) is 3. The topological polar surface area (TPSA) is 35.5 Å². The fourth-order valence-electron chi connectivity index (χ4n) is 1.94. The lowest BCUT2D eigenvalue weighted by atomic mass is 10.1. The molecule has 1 aliphatic rings. The number of para-hydroxylation sites is 2. The van der Waals surface area contributed by atoms with E-state index >= 15 is 0 Å². The molecule has 1 atom stereocenters. The van der Waals surface area contributed by atoms with Gasteiger partial charge in [-0.2, -0.15) is 0 Å². The minimum atomic E-state index is -0.567. The quantitative estimate of drug-likeness (QED) is 0.757. The second kappa shape index (κ2) is 4.53. The summed E-state index contributed by atoms with van der Waals surface area (Å²) in [5, 5.41) is 0. The van der Waals surface area contributed by atoms with Crippen molar-refractivity contribution in [1.82, 2.24) is 0 Å². The lowest BCUT2D eigenvalue weighted by Crippen LogP contribution is -2.36. The van der Waals surface area contributed by atoms with Crippen LogP contribution in [0.25, 0.3) is 0 Å². The molecule has 0 bridgehead atoms. The summed E-state index contributed by atoms with van der Waals surface area (Å²) >= 11 is 0. The van der Waals surface area contributed by atoms with Gasteiger partial charge in [0.15, 0.2) is 17.6 Å². The Kier molecular flexibility index (Phi) is 2.73. The van der Waals surface area contributed by atoms with Crippen LogP contribution in [-0.2, 0) is 0 Å². The minimum Gasteiger partial charge on any atom is -0.485 e. The molecule has 2 aromatic carbocycles. The molecule has 0 saturated heterocycles. The zero-order chi connectivity index (χ0) is 12.4. The number of rotatable bonds is 2. The molecule has 1 aliphatic heterocycles. The molecule has 0 N–H and O–H groups in total. The van der Waals surface area contributed by atoms with Crippen LogP contribution < -0.4 is 9.47 Å². The Morgan fingerprint density at radius 1 is 0.944 bits per heavy atom. The maximum atomic E-state index is 12.2. The van der Waals surface area contributed by atoms with Gasteiger partial charge < -0.3 is 9.47 Å². The van der Waals surface area contributed by atoms with Crippen molar-refractivity contribution < 1.29 is 14.3 Å². The van der Waals surface area contributed by atoms with Crippen LogP contribution in [-0.4, -0.2) is 18.5 Å². The number of hydrogen-bond donors (Lipinski definition) is 0. The summed E-state index contributed by atoms with van der Waals surface area (Å²) in [7, 11) is 0. The molecule has 3 heteroatoms. The van der Waals surface area contributed by atoms with Gasteiger partial charge >= 0.3 is 0 Å². The van der Waals surface area contributed by atoms with Gasteiger partial charge in [0.1, 0.15) is 6.61 Å². The number of carbonyl (C=O) groups is 1. The highest BCUT2D eigenvalue weighted by Gasteiger charge is 2.27. The Morgan fingerprint density at radius 2 is 1.61 bits per heavy atom. The number of ketones is 1. The first-order valence-corrected chi connectivity index (χ1v) is 5.82. The fraction of sp³-hybridized carbons (Fsp3) is 0.133. The molecule has 0 aliphatic carbocycles. The van der Waals surface area contributed by atoms with Crippen molar-refractivity contribution in [3.63, 3.8) is 0 Å². The zero-order valence-corrected chi connectivity index (χ0v) is 9.71. The van der Waals surface area contributed by atoms with E-state index in [1.54, 1.807) is 18.2 Å². The van der Waals surface area contributed by atoms with E-state index in [-0.39, 0.29) is 12.4 Å². The maximum absolute atomic E-state index is 12.2. The second-order valence-corrected chi connectivity index (χ2v) is 4.09. The monoisotopic (exact) mass is 240 g/mol. The maximum Gasteiger partial charge on any atom is 0.206 e. The third-order valence-electron chi connectivity index (χ3n) is 2.86. The Hall–Kier alpha value is -2.29. The summed E-state index contributed by atoms with van der Waals surface area (Å²) in [6.45, 7) is 0.255. The molecule has 0 amide bonds. The van der Waals surface area contributed by atoms with Crippen molar-refractivity contribution in [3.8, 4) is 11.5 Å². The van der Waals surface area contributed by atoms with E-state index in [0.717, 1.165) is 0 Å². The molecule has 0 aromatic heterocycles. The first-order valence-electron chi connectivity index (χ1n) is 5.82. The van der Waals surface area contributed by atoms with Crippen molar-refractivity contribution in [1.29, 1.82) is 0 Å². The second-order valence-electron chi connectivity index (χ2n) is 4.09. The fourth-order valence-corrected chi connectivity index (χ4v) is 1.94. The molecule has 0 saturated carbocycles. The highest BCUT2D eigenvalue weighted by atomic mass is 16.6. The molecule has 2 aromatic rings. The average Bonchev–Trinajstić information content (AvgIpc) is 2.47. The standard InChI is InChI=1S/C15H12O3/c16-15(11-6-2-1-3-7-11)14-10-17-12-8-4-5-9-13(12)18-14/h1-9,14H,10H2. The van der Waals surface area contributed by atoms with Gasteiger partial charge in [-0.3, -0.25) is 4.79 Å². The molecule has 90 valence electrons. The van der Waals surface area contributed by atoms with E-state index in [9.17, 15) is 4.79 Å². The molecule has 1 heterocycles. The number of fused-ring (bicyclic) bond motifs is 1. The Morgan fingerprint density at radius 3 is 2.39 bits per heavy atom. The molecule has 0 spiro atoms. The van der Waals surface area contributed by atoms with Crippen LogP contribution in [0, 0.1) is 0 Å². The third-order valence-corrected chi connectivity index (χ3v) is 2.86. The average molecular weight is 240 g/mol. The van der Waals surface area contributed by atoms with Crippen molar-refractivity contribution in [3.05, 3.63) is 60.2 Å². The van der Waals surface area contributed by atoms with Crippen LogP contribution in [0.15, 0.2) is 54.6 Å². The summed E-state index contributed by atoms with van der Waals surface area (Å²) in [5.41, 5.74) is 0.644. The Balaban J connectivity index is 1.82. The summed E-state index contributed by atoms with van der Waals surface area (Å²) in [5.74, 6) is 1.26. The van der Waals surface area contributed by atoms with Crippen molar-refractivity contribution in [2.45, 2.75) is 6.10 Å². The SMILES string of the molecule is O=C(c1ccccc1)C1COc2ccccc2O1. The lowest BCUT2D eigenvalue weighted by Gasteiger charge is -2.25. The van der Waals surface area contributed by atoms with Gasteiger partial charge in [0.05, 0.1) is 0 Å². The van der Waals surface area contributed by atoms with Crippen molar-refractivity contribution >= 4 is 5.78 Å². The molecule has 0 radical (unpaired) electrons. The predicted molar refractivity (Wildman–Crippen MR) is 67.1 cm³/mol. The summed E-state index contributed by atoms with van der Waals surface area (Å²) < 4.78 is 11.2. The van der Waals surface area contributed by atoms with Gasteiger partial charge in [0, 0.05) is 5.56 Å². The third kappa shape index (κ3) is 1.95. The molecule has 3 rings (SSSR count). The summed E-state index contributed by atoms with van der Waals surface area (Å²) in [6.07, 6.45) is -0.567. The normalized spacial score (nSPS) is 17.2. The molecular formula is C15H12O3. The van der Waals surface area contributed by atoms with Crippen LogP contribution in [0.4, 0.5) is 0 Å². The van der Waals surface area contributed by atoms with E-state index in [2.05, 4.69) is 0 Å². The highest BCUT2D eigenvalue weighted by Crippen LogP contribution is 2.31. The number of benzene rings is 2. The number of Topliss-reactive ketones (excluding diaryl/α,β-unsaturated/α-hetero) is 1. The van der Waals surface area contributed by atoms with E-state index in [0.29, 0.717) is 17.1 Å². The first-order chi connectivity index (χ1) is 8.84. The van der Waals surface area contributed by atoms with Crippen LogP contribution in [0.5, 0.6) is 11.5 Å². The minimum absolute atomic E-state index is 0.0508.